The summed E-state index contributed by atoms with van der Waals surface area (Å²) in [4.78, 5) is 23.4. The summed E-state index contributed by atoms with van der Waals surface area (Å²) in [5, 5.41) is 16.9. The van der Waals surface area contributed by atoms with Crippen molar-refractivity contribution < 1.29 is 14.1 Å². The Bertz CT molecular complexity index is 1140. The van der Waals surface area contributed by atoms with Crippen molar-refractivity contribution in [2.24, 2.45) is 5.10 Å². The summed E-state index contributed by atoms with van der Waals surface area (Å²) in [5.41, 5.74) is 3.17. The van der Waals surface area contributed by atoms with Gasteiger partial charge >= 0.3 is 0 Å². The van der Waals surface area contributed by atoms with Gasteiger partial charge in [-0.05, 0) is 55.1 Å². The van der Waals surface area contributed by atoms with Crippen LogP contribution in [0.2, 0.25) is 0 Å². The highest BCUT2D eigenvalue weighted by molar-refractivity contribution is 7.98. The van der Waals surface area contributed by atoms with E-state index in [1.165, 1.54) is 11.1 Å². The van der Waals surface area contributed by atoms with E-state index in [1.54, 1.807) is 30.8 Å². The largest absolute Gasteiger partial charge is 0.459 e. The molecule has 8 heteroatoms. The maximum atomic E-state index is 11.6. The number of hydrogen-bond donors (Lipinski definition) is 0. The van der Waals surface area contributed by atoms with Gasteiger partial charge in [0.2, 0.25) is 6.41 Å². The molecule has 2 heterocycles. The Morgan fingerprint density at radius 2 is 1.90 bits per heavy atom. The van der Waals surface area contributed by atoms with Gasteiger partial charge in [0.25, 0.3) is 5.69 Å². The summed E-state index contributed by atoms with van der Waals surface area (Å²) in [6.45, 7) is 1.69. The van der Waals surface area contributed by atoms with Gasteiger partial charge in [0, 0.05) is 28.5 Å². The van der Waals surface area contributed by atoms with E-state index in [4.69, 9.17) is 4.42 Å². The first-order valence-electron chi connectivity index (χ1n) is 9.31. The number of hydrogen-bond acceptors (Lipinski definition) is 6. The van der Waals surface area contributed by atoms with Crippen LogP contribution in [0.15, 0.2) is 69.0 Å². The van der Waals surface area contributed by atoms with E-state index in [1.807, 2.05) is 42.7 Å². The van der Waals surface area contributed by atoms with Gasteiger partial charge in [-0.15, -0.1) is 11.8 Å². The number of furan rings is 1. The number of carbonyl (C=O) groups excluding carboxylic acids is 1. The van der Waals surface area contributed by atoms with Crippen molar-refractivity contribution in [2.75, 3.05) is 6.26 Å². The number of nitro groups is 1. The molecule has 0 N–H and O–H groups in total. The van der Waals surface area contributed by atoms with Crippen LogP contribution in [-0.4, -0.2) is 28.3 Å². The van der Waals surface area contributed by atoms with Crippen LogP contribution in [0.5, 0.6) is 0 Å². The molecule has 2 aromatic carbocycles. The summed E-state index contributed by atoms with van der Waals surface area (Å²) in [5.74, 6) is 1.21. The standard InChI is InChI=1S/C22H19N3O4S/c1-14-11-16(5-8-19(14)25(27)28)21-9-10-22(29-21)20-12-18(23-24(20)13-26)15-3-6-17(30-2)7-4-15/h3-11,13,20H,12H2,1-2H3. The molecular weight excluding hydrogens is 402 g/mol. The molecule has 0 saturated carbocycles. The number of benzene rings is 2. The Labute approximate surface area is 177 Å². The Kier molecular flexibility index (Phi) is 5.41. The molecule has 0 bridgehead atoms. The Balaban J connectivity index is 1.58. The van der Waals surface area contributed by atoms with Crippen molar-refractivity contribution in [3.63, 3.8) is 0 Å². The van der Waals surface area contributed by atoms with Crippen molar-refractivity contribution in [3.05, 3.63) is 81.6 Å². The van der Waals surface area contributed by atoms with Gasteiger partial charge in [0.1, 0.15) is 17.6 Å². The molecule has 4 rings (SSSR count). The summed E-state index contributed by atoms with van der Waals surface area (Å²) in [6.07, 6.45) is 3.27. The molecule has 3 aromatic rings. The lowest BCUT2D eigenvalue weighted by Gasteiger charge is -2.14. The molecule has 0 saturated heterocycles. The van der Waals surface area contributed by atoms with Gasteiger partial charge in [0.05, 0.1) is 10.6 Å². The molecule has 1 unspecified atom stereocenters. The molecule has 30 heavy (non-hydrogen) atoms. The SMILES string of the molecule is CSc1ccc(C2=NN(C=O)C(c3ccc(-c4ccc([N+](=O)[O-])c(C)c4)o3)C2)cc1. The zero-order valence-corrected chi connectivity index (χ0v) is 17.3. The number of hydrazone groups is 1. The fourth-order valence-electron chi connectivity index (χ4n) is 3.51. The van der Waals surface area contributed by atoms with E-state index >= 15 is 0 Å². The number of nitrogens with zero attached hydrogens (tertiary/aromatic N) is 3. The first-order chi connectivity index (χ1) is 14.5. The van der Waals surface area contributed by atoms with Crippen molar-refractivity contribution in [1.82, 2.24) is 5.01 Å². The van der Waals surface area contributed by atoms with Gasteiger partial charge in [-0.3, -0.25) is 14.9 Å². The third-order valence-electron chi connectivity index (χ3n) is 5.11. The second-order valence-electron chi connectivity index (χ2n) is 6.94. The molecule has 0 spiro atoms. The minimum absolute atomic E-state index is 0.0685. The second-order valence-corrected chi connectivity index (χ2v) is 7.82. The highest BCUT2D eigenvalue weighted by Crippen LogP contribution is 2.35. The van der Waals surface area contributed by atoms with E-state index in [2.05, 4.69) is 5.10 Å². The zero-order valence-electron chi connectivity index (χ0n) is 16.4. The van der Waals surface area contributed by atoms with E-state index in [-0.39, 0.29) is 11.7 Å². The number of carbonyl (C=O) groups is 1. The van der Waals surface area contributed by atoms with Gasteiger partial charge < -0.3 is 4.42 Å². The van der Waals surface area contributed by atoms with Gasteiger partial charge in [0.15, 0.2) is 0 Å². The summed E-state index contributed by atoms with van der Waals surface area (Å²) >= 11 is 1.67. The van der Waals surface area contributed by atoms with Crippen LogP contribution >= 0.6 is 11.8 Å². The highest BCUT2D eigenvalue weighted by Gasteiger charge is 2.31. The van der Waals surface area contributed by atoms with Crippen LogP contribution in [0.25, 0.3) is 11.3 Å². The first-order valence-corrected chi connectivity index (χ1v) is 10.5. The Morgan fingerprint density at radius 3 is 2.53 bits per heavy atom. The molecule has 0 aliphatic carbocycles. The number of amides is 1. The molecule has 0 fully saturated rings. The molecule has 7 nitrogen and oxygen atoms in total. The second kappa shape index (κ2) is 8.16. The number of aryl methyl sites for hydroxylation is 1. The fraction of sp³-hybridized carbons (Fsp3) is 0.182. The number of nitro benzene ring substituents is 1. The molecule has 1 amide bonds. The van der Waals surface area contributed by atoms with E-state index in [0.29, 0.717) is 29.9 Å². The third-order valence-corrected chi connectivity index (χ3v) is 5.85. The van der Waals surface area contributed by atoms with Gasteiger partial charge in [-0.1, -0.05) is 12.1 Å². The molecule has 0 radical (unpaired) electrons. The monoisotopic (exact) mass is 421 g/mol. The summed E-state index contributed by atoms with van der Waals surface area (Å²) in [6, 6.07) is 16.2. The number of rotatable bonds is 6. The lowest BCUT2D eigenvalue weighted by Crippen LogP contribution is -2.16. The number of thioether (sulfide) groups is 1. The van der Waals surface area contributed by atoms with Crippen LogP contribution in [0.3, 0.4) is 0 Å². The maximum absolute atomic E-state index is 11.6. The third kappa shape index (κ3) is 3.73. The molecule has 1 atom stereocenters. The van der Waals surface area contributed by atoms with Crippen LogP contribution in [0.4, 0.5) is 5.69 Å². The molecule has 1 aliphatic rings. The van der Waals surface area contributed by atoms with Gasteiger partial charge in [-0.25, -0.2) is 5.01 Å². The maximum Gasteiger partial charge on any atom is 0.272 e. The van der Waals surface area contributed by atoms with Crippen molar-refractivity contribution in [3.8, 4) is 11.3 Å². The predicted molar refractivity (Wildman–Crippen MR) is 116 cm³/mol. The normalized spacial score (nSPS) is 15.9. The summed E-state index contributed by atoms with van der Waals surface area (Å²) in [7, 11) is 0. The van der Waals surface area contributed by atoms with Crippen molar-refractivity contribution in [1.29, 1.82) is 0 Å². The molecular formula is C22H19N3O4S. The lowest BCUT2D eigenvalue weighted by molar-refractivity contribution is -0.385. The van der Waals surface area contributed by atoms with Crippen molar-refractivity contribution in [2.45, 2.75) is 24.3 Å². The van der Waals surface area contributed by atoms with Crippen LogP contribution in [0, 0.1) is 17.0 Å². The molecule has 1 aromatic heterocycles. The minimum atomic E-state index is -0.405. The van der Waals surface area contributed by atoms with Crippen molar-refractivity contribution >= 4 is 29.6 Å². The molecule has 1 aliphatic heterocycles. The average molecular weight is 421 g/mol. The fourth-order valence-corrected chi connectivity index (χ4v) is 3.92. The van der Waals surface area contributed by atoms with E-state index < -0.39 is 4.92 Å². The average Bonchev–Trinajstić information content (AvgIpc) is 3.40. The first kappa shape index (κ1) is 19.9. The highest BCUT2D eigenvalue weighted by atomic mass is 32.2. The van der Waals surface area contributed by atoms with E-state index in [0.717, 1.165) is 21.7 Å². The van der Waals surface area contributed by atoms with E-state index in [9.17, 15) is 14.9 Å². The quantitative estimate of drug-likeness (QED) is 0.236. The Hall–Kier alpha value is -3.39. The topological polar surface area (TPSA) is 89.0 Å². The minimum Gasteiger partial charge on any atom is -0.459 e. The Morgan fingerprint density at radius 1 is 1.17 bits per heavy atom. The lowest BCUT2D eigenvalue weighted by atomic mass is 10.0. The van der Waals surface area contributed by atoms with Crippen LogP contribution < -0.4 is 0 Å². The zero-order chi connectivity index (χ0) is 21.3. The van der Waals surface area contributed by atoms with Gasteiger partial charge in [-0.2, -0.15) is 5.10 Å². The van der Waals surface area contributed by atoms with Crippen LogP contribution in [0.1, 0.15) is 29.3 Å². The van der Waals surface area contributed by atoms with Crippen LogP contribution in [-0.2, 0) is 4.79 Å². The predicted octanol–water partition coefficient (Wildman–Crippen LogP) is 5.19. The molecule has 152 valence electrons. The smallest absolute Gasteiger partial charge is 0.272 e. The summed E-state index contributed by atoms with van der Waals surface area (Å²) < 4.78 is 6.01.